The van der Waals surface area contributed by atoms with Crippen LogP contribution in [0.2, 0.25) is 0 Å². The molecule has 0 atom stereocenters. The number of hydrogen-bond acceptors (Lipinski definition) is 4. The number of benzene rings is 1. The molecule has 0 spiro atoms. The number of carbonyl (C=O) groups excluding carboxylic acids is 1. The van der Waals surface area contributed by atoms with Gasteiger partial charge < -0.3 is 11.1 Å². The van der Waals surface area contributed by atoms with Crippen LogP contribution >= 0.6 is 36.2 Å². The van der Waals surface area contributed by atoms with E-state index >= 15 is 0 Å². The number of halogens is 2. The Morgan fingerprint density at radius 1 is 1.26 bits per heavy atom. The summed E-state index contributed by atoms with van der Waals surface area (Å²) in [4.78, 5) is 17.4. The van der Waals surface area contributed by atoms with Gasteiger partial charge in [-0.25, -0.2) is 4.98 Å². The van der Waals surface area contributed by atoms with Crippen molar-refractivity contribution in [2.45, 2.75) is 32.6 Å². The van der Waals surface area contributed by atoms with Gasteiger partial charge in [0.05, 0.1) is 5.01 Å². The number of hydrogen-bond donors (Lipinski definition) is 2. The number of nitrogens with zero attached hydrogens (tertiary/aromatic N) is 1. The van der Waals surface area contributed by atoms with Gasteiger partial charge in [0, 0.05) is 36.1 Å². The predicted octanol–water partition coefficient (Wildman–Crippen LogP) is 3.42. The van der Waals surface area contributed by atoms with E-state index in [1.165, 1.54) is 4.88 Å². The highest BCUT2D eigenvalue weighted by molar-refractivity contribution is 7.11. The Hall–Kier alpha value is -1.30. The number of nitrogen functional groups attached to an aromatic ring is 1. The molecule has 23 heavy (non-hydrogen) atoms. The molecule has 3 N–H and O–H groups in total. The lowest BCUT2D eigenvalue weighted by molar-refractivity contribution is -0.121. The fourth-order valence-electron chi connectivity index (χ4n) is 2.03. The zero-order chi connectivity index (χ0) is 15.1. The molecule has 1 aromatic carbocycles. The summed E-state index contributed by atoms with van der Waals surface area (Å²) in [5, 5.41) is 4.02. The molecular weight excluding hydrogens is 353 g/mol. The minimum absolute atomic E-state index is 0. The van der Waals surface area contributed by atoms with Crippen molar-refractivity contribution in [2.75, 3.05) is 12.3 Å². The van der Waals surface area contributed by atoms with Crippen LogP contribution in [0.3, 0.4) is 0 Å². The van der Waals surface area contributed by atoms with Gasteiger partial charge in [-0.05, 0) is 24.5 Å². The van der Waals surface area contributed by atoms with Crippen LogP contribution in [0.1, 0.15) is 28.8 Å². The van der Waals surface area contributed by atoms with Crippen LogP contribution in [0, 0.1) is 0 Å². The molecule has 7 heteroatoms. The first-order chi connectivity index (χ1) is 10.2. The largest absolute Gasteiger partial charge is 0.399 e. The molecule has 1 amide bonds. The van der Waals surface area contributed by atoms with Crippen LogP contribution in [0.25, 0.3) is 0 Å². The highest BCUT2D eigenvalue weighted by Crippen LogP contribution is 2.14. The monoisotopic (exact) mass is 375 g/mol. The molecule has 0 fully saturated rings. The zero-order valence-electron chi connectivity index (χ0n) is 13.1. The van der Waals surface area contributed by atoms with Crippen molar-refractivity contribution >= 4 is 47.7 Å². The summed E-state index contributed by atoms with van der Waals surface area (Å²) < 4.78 is 0. The molecule has 1 heterocycles. The summed E-state index contributed by atoms with van der Waals surface area (Å²) in [5.74, 6) is 0.0607. The zero-order valence-corrected chi connectivity index (χ0v) is 15.5. The topological polar surface area (TPSA) is 68.0 Å². The molecule has 4 nitrogen and oxygen atoms in total. The summed E-state index contributed by atoms with van der Waals surface area (Å²) in [5.41, 5.74) is 7.64. The van der Waals surface area contributed by atoms with Crippen molar-refractivity contribution in [2.24, 2.45) is 0 Å². The van der Waals surface area contributed by atoms with Gasteiger partial charge in [-0.1, -0.05) is 25.1 Å². The van der Waals surface area contributed by atoms with E-state index in [-0.39, 0.29) is 30.7 Å². The second-order valence-corrected chi connectivity index (χ2v) is 6.07. The van der Waals surface area contributed by atoms with Gasteiger partial charge in [0.2, 0.25) is 5.91 Å². The molecule has 0 saturated heterocycles. The summed E-state index contributed by atoms with van der Waals surface area (Å²) in [6, 6.07) is 7.67. The molecule has 0 aliphatic heterocycles. The van der Waals surface area contributed by atoms with Crippen LogP contribution in [0.5, 0.6) is 0 Å². The SMILES string of the molecule is CCc1cnc(CCNC(=O)CCc2ccccc2N)s1.Cl.Cl. The Bertz CT molecular complexity index is 605. The van der Waals surface area contributed by atoms with E-state index in [1.807, 2.05) is 30.5 Å². The number of rotatable bonds is 7. The third-order valence-corrected chi connectivity index (χ3v) is 4.49. The quantitative estimate of drug-likeness (QED) is 0.728. The lowest BCUT2D eigenvalue weighted by Gasteiger charge is -2.06. The molecule has 0 aliphatic carbocycles. The van der Waals surface area contributed by atoms with E-state index in [1.54, 1.807) is 11.3 Å². The third kappa shape index (κ3) is 7.20. The van der Waals surface area contributed by atoms with Crippen molar-refractivity contribution < 1.29 is 4.79 Å². The maximum Gasteiger partial charge on any atom is 0.220 e. The third-order valence-electron chi connectivity index (χ3n) is 3.29. The van der Waals surface area contributed by atoms with Gasteiger partial charge in [-0.15, -0.1) is 36.2 Å². The lowest BCUT2D eigenvalue weighted by Crippen LogP contribution is -2.25. The van der Waals surface area contributed by atoms with Crippen LogP contribution in [-0.2, 0) is 24.1 Å². The number of aromatic nitrogens is 1. The molecule has 0 radical (unpaired) electrons. The first-order valence-electron chi connectivity index (χ1n) is 7.22. The van der Waals surface area contributed by atoms with Gasteiger partial charge >= 0.3 is 0 Å². The van der Waals surface area contributed by atoms with Gasteiger partial charge in [-0.3, -0.25) is 4.79 Å². The van der Waals surface area contributed by atoms with Crippen LogP contribution in [0.4, 0.5) is 5.69 Å². The van der Waals surface area contributed by atoms with E-state index in [4.69, 9.17) is 5.73 Å². The minimum atomic E-state index is 0. The Morgan fingerprint density at radius 2 is 2.00 bits per heavy atom. The first-order valence-corrected chi connectivity index (χ1v) is 8.04. The highest BCUT2D eigenvalue weighted by Gasteiger charge is 2.05. The Balaban J connectivity index is 0.00000242. The van der Waals surface area contributed by atoms with Crippen molar-refractivity contribution in [3.63, 3.8) is 0 Å². The lowest BCUT2D eigenvalue weighted by atomic mass is 10.1. The normalized spacial score (nSPS) is 9.61. The van der Waals surface area contributed by atoms with Crippen molar-refractivity contribution in [3.05, 3.63) is 45.9 Å². The Labute approximate surface area is 153 Å². The summed E-state index contributed by atoms with van der Waals surface area (Å²) >= 11 is 1.72. The molecule has 0 saturated carbocycles. The second-order valence-electron chi connectivity index (χ2n) is 4.87. The van der Waals surface area contributed by atoms with Crippen LogP contribution in [0.15, 0.2) is 30.5 Å². The van der Waals surface area contributed by atoms with Crippen molar-refractivity contribution in [1.29, 1.82) is 0 Å². The van der Waals surface area contributed by atoms with E-state index in [2.05, 4.69) is 17.2 Å². The molecule has 0 aliphatic rings. The Morgan fingerprint density at radius 3 is 2.65 bits per heavy atom. The van der Waals surface area contributed by atoms with E-state index in [0.717, 1.165) is 29.1 Å². The molecule has 2 rings (SSSR count). The number of amides is 1. The maximum atomic E-state index is 11.8. The molecule has 1 aromatic heterocycles. The molecular formula is C16H23Cl2N3OS. The van der Waals surface area contributed by atoms with Gasteiger partial charge in [0.25, 0.3) is 0 Å². The number of para-hydroxylation sites is 1. The van der Waals surface area contributed by atoms with Crippen LogP contribution < -0.4 is 11.1 Å². The maximum absolute atomic E-state index is 11.8. The smallest absolute Gasteiger partial charge is 0.220 e. The number of anilines is 1. The average molecular weight is 376 g/mol. The second kappa shape index (κ2) is 11.3. The summed E-state index contributed by atoms with van der Waals surface area (Å²) in [6.45, 7) is 2.76. The van der Waals surface area contributed by atoms with E-state index in [0.29, 0.717) is 19.4 Å². The molecule has 128 valence electrons. The average Bonchev–Trinajstić information content (AvgIpc) is 2.94. The van der Waals surface area contributed by atoms with Crippen LogP contribution in [-0.4, -0.2) is 17.4 Å². The molecule has 0 unspecified atom stereocenters. The number of carbonyl (C=O) groups is 1. The van der Waals surface area contributed by atoms with Gasteiger partial charge in [0.15, 0.2) is 0 Å². The van der Waals surface area contributed by atoms with Crippen molar-refractivity contribution in [3.8, 4) is 0 Å². The van der Waals surface area contributed by atoms with E-state index < -0.39 is 0 Å². The highest BCUT2D eigenvalue weighted by atomic mass is 35.5. The first kappa shape index (κ1) is 21.7. The fraction of sp³-hybridized carbons (Fsp3) is 0.375. The van der Waals surface area contributed by atoms with Gasteiger partial charge in [-0.2, -0.15) is 0 Å². The summed E-state index contributed by atoms with van der Waals surface area (Å²) in [6.07, 6.45) is 4.87. The molecule has 2 aromatic rings. The number of nitrogens with two attached hydrogens (primary N) is 1. The van der Waals surface area contributed by atoms with Gasteiger partial charge in [0.1, 0.15) is 0 Å². The minimum Gasteiger partial charge on any atom is -0.399 e. The fourth-order valence-corrected chi connectivity index (χ4v) is 2.90. The number of nitrogens with one attached hydrogen (secondary N) is 1. The Kier molecular flexibility index (Phi) is 10.6. The van der Waals surface area contributed by atoms with E-state index in [9.17, 15) is 4.79 Å². The number of aryl methyl sites for hydroxylation is 2. The van der Waals surface area contributed by atoms with Crippen molar-refractivity contribution in [1.82, 2.24) is 10.3 Å². The number of thiazole rings is 1. The summed E-state index contributed by atoms with van der Waals surface area (Å²) in [7, 11) is 0. The predicted molar refractivity (Wildman–Crippen MR) is 102 cm³/mol. The molecule has 0 bridgehead atoms. The standard InChI is InChI=1S/C16H21N3OS.2ClH/c1-2-13-11-19-16(21-13)9-10-18-15(20)8-7-12-5-3-4-6-14(12)17;;/h3-6,11H,2,7-10,17H2,1H3,(H,18,20);2*1H.